The number of carbonyl (C=O) groups is 4. The Kier molecular flexibility index (Phi) is 9.52. The molecular formula is C21H28N6O7. The summed E-state index contributed by atoms with van der Waals surface area (Å²) in [6.45, 7) is 0.549. The highest BCUT2D eigenvalue weighted by Crippen LogP contribution is 2.12. The van der Waals surface area contributed by atoms with E-state index in [1.54, 1.807) is 12.1 Å². The van der Waals surface area contributed by atoms with Crippen LogP contribution in [0.2, 0.25) is 0 Å². The first-order valence-corrected chi connectivity index (χ1v) is 10.4. The third kappa shape index (κ3) is 8.18. The van der Waals surface area contributed by atoms with E-state index in [4.69, 9.17) is 10.8 Å². The molecule has 0 saturated carbocycles. The maximum Gasteiger partial charge on any atom is 0.322 e. The lowest BCUT2D eigenvalue weighted by atomic mass is 10.0. The van der Waals surface area contributed by atoms with Crippen molar-refractivity contribution in [1.82, 2.24) is 25.9 Å². The van der Waals surface area contributed by atoms with Crippen LogP contribution in [0.15, 0.2) is 36.8 Å². The van der Waals surface area contributed by atoms with E-state index in [-0.39, 0.29) is 18.6 Å². The Bertz CT molecular complexity index is 978. The molecule has 3 amide bonds. The monoisotopic (exact) mass is 476 g/mol. The van der Waals surface area contributed by atoms with Crippen LogP contribution in [0.25, 0.3) is 0 Å². The van der Waals surface area contributed by atoms with Crippen LogP contribution < -0.4 is 21.7 Å². The smallest absolute Gasteiger partial charge is 0.322 e. The number of imidazole rings is 1. The van der Waals surface area contributed by atoms with Gasteiger partial charge in [-0.25, -0.2) is 4.98 Å². The molecule has 13 heteroatoms. The maximum atomic E-state index is 13.0. The van der Waals surface area contributed by atoms with E-state index < -0.39 is 54.5 Å². The number of rotatable bonds is 12. The van der Waals surface area contributed by atoms with Gasteiger partial charge in [-0.2, -0.15) is 0 Å². The molecule has 0 bridgehead atoms. The maximum absolute atomic E-state index is 13.0. The number of H-pyrrole nitrogens is 1. The molecular weight excluding hydrogens is 448 g/mol. The molecule has 0 aliphatic carbocycles. The van der Waals surface area contributed by atoms with Gasteiger partial charge in [0.15, 0.2) is 0 Å². The SMILES string of the molecule is CC(O)C(NC(=O)C(Cc1ccc(O)cc1)NC(=O)C(N)Cc1cnc[nH]1)C(=O)NCC(=O)O. The number of hydrogen-bond acceptors (Lipinski definition) is 8. The van der Waals surface area contributed by atoms with Gasteiger partial charge in [0.2, 0.25) is 17.7 Å². The molecule has 1 aromatic carbocycles. The van der Waals surface area contributed by atoms with Crippen LogP contribution in [-0.4, -0.2) is 79.8 Å². The largest absolute Gasteiger partial charge is 0.508 e. The van der Waals surface area contributed by atoms with Crippen LogP contribution in [-0.2, 0) is 32.0 Å². The van der Waals surface area contributed by atoms with Crippen molar-refractivity contribution >= 4 is 23.7 Å². The van der Waals surface area contributed by atoms with Crippen molar-refractivity contribution in [3.05, 3.63) is 48.0 Å². The number of hydrogen-bond donors (Lipinski definition) is 8. The lowest BCUT2D eigenvalue weighted by Gasteiger charge is -2.25. The molecule has 4 atom stereocenters. The van der Waals surface area contributed by atoms with Gasteiger partial charge >= 0.3 is 5.97 Å². The zero-order valence-electron chi connectivity index (χ0n) is 18.4. The zero-order valence-corrected chi connectivity index (χ0v) is 18.4. The first-order chi connectivity index (χ1) is 16.1. The van der Waals surface area contributed by atoms with Crippen LogP contribution in [0.4, 0.5) is 0 Å². The summed E-state index contributed by atoms with van der Waals surface area (Å²) in [5.74, 6) is -3.63. The number of carboxylic acids is 1. The number of aliphatic hydroxyl groups excluding tert-OH is 1. The van der Waals surface area contributed by atoms with Gasteiger partial charge in [-0.05, 0) is 24.6 Å². The van der Waals surface area contributed by atoms with Gasteiger partial charge in [0.1, 0.15) is 24.4 Å². The number of aliphatic carboxylic acids is 1. The van der Waals surface area contributed by atoms with E-state index in [1.165, 1.54) is 31.6 Å². The number of nitrogens with one attached hydrogen (secondary N) is 4. The predicted octanol–water partition coefficient (Wildman–Crippen LogP) is -2.22. The average Bonchev–Trinajstić information content (AvgIpc) is 3.29. The first kappa shape index (κ1) is 26.3. The van der Waals surface area contributed by atoms with Gasteiger partial charge in [0.25, 0.3) is 0 Å². The number of phenolic OH excluding ortho intramolecular Hbond substituents is 1. The van der Waals surface area contributed by atoms with E-state index in [9.17, 15) is 29.4 Å². The van der Waals surface area contributed by atoms with Crippen molar-refractivity contribution in [2.45, 2.75) is 44.0 Å². The summed E-state index contributed by atoms with van der Waals surface area (Å²) in [4.78, 5) is 55.3. The summed E-state index contributed by atoms with van der Waals surface area (Å²) < 4.78 is 0. The molecule has 4 unspecified atom stereocenters. The Balaban J connectivity index is 2.16. The van der Waals surface area contributed by atoms with Crippen molar-refractivity contribution in [3.8, 4) is 5.75 Å². The number of carboxylic acid groups (broad SMARTS) is 1. The molecule has 0 aliphatic rings. The molecule has 184 valence electrons. The summed E-state index contributed by atoms with van der Waals surface area (Å²) in [5, 5.41) is 35.1. The van der Waals surface area contributed by atoms with Gasteiger partial charge in [-0.3, -0.25) is 19.2 Å². The third-order valence-electron chi connectivity index (χ3n) is 4.82. The van der Waals surface area contributed by atoms with E-state index in [0.29, 0.717) is 11.3 Å². The highest BCUT2D eigenvalue weighted by Gasteiger charge is 2.31. The molecule has 1 aromatic heterocycles. The van der Waals surface area contributed by atoms with E-state index in [0.717, 1.165) is 0 Å². The molecule has 0 aliphatic heterocycles. The standard InChI is InChI=1S/C21H28N6O7/c1-11(28)18(21(34)24-9-17(30)31)27-20(33)16(6-12-2-4-14(29)5-3-12)26-19(32)15(22)7-13-8-23-10-25-13/h2-5,8,10-11,15-16,18,28-29H,6-7,9,22H2,1H3,(H,23,25)(H,24,34)(H,26,32)(H,27,33)(H,30,31). The highest BCUT2D eigenvalue weighted by molar-refractivity contribution is 5.94. The second-order valence-electron chi connectivity index (χ2n) is 7.66. The van der Waals surface area contributed by atoms with Gasteiger partial charge in [-0.15, -0.1) is 0 Å². The molecule has 0 radical (unpaired) electrons. The summed E-state index contributed by atoms with van der Waals surface area (Å²) >= 11 is 0. The zero-order chi connectivity index (χ0) is 25.3. The molecule has 0 spiro atoms. The summed E-state index contributed by atoms with van der Waals surface area (Å²) in [5.41, 5.74) is 7.16. The number of nitrogens with two attached hydrogens (primary N) is 1. The predicted molar refractivity (Wildman–Crippen MR) is 118 cm³/mol. The topological polar surface area (TPSA) is 220 Å². The Morgan fingerprint density at radius 1 is 1.06 bits per heavy atom. The van der Waals surface area contributed by atoms with Crippen LogP contribution in [0.3, 0.4) is 0 Å². The first-order valence-electron chi connectivity index (χ1n) is 10.4. The molecule has 2 aromatic rings. The minimum absolute atomic E-state index is 0.0136. The normalized spacial score (nSPS) is 14.3. The van der Waals surface area contributed by atoms with Crippen LogP contribution >= 0.6 is 0 Å². The van der Waals surface area contributed by atoms with Crippen molar-refractivity contribution in [2.24, 2.45) is 5.73 Å². The second kappa shape index (κ2) is 12.3. The quantitative estimate of drug-likeness (QED) is 0.166. The summed E-state index contributed by atoms with van der Waals surface area (Å²) in [6.07, 6.45) is 1.71. The average molecular weight is 476 g/mol. The van der Waals surface area contributed by atoms with Crippen molar-refractivity contribution in [1.29, 1.82) is 0 Å². The number of aliphatic hydroxyl groups is 1. The Morgan fingerprint density at radius 3 is 2.29 bits per heavy atom. The number of aromatic nitrogens is 2. The van der Waals surface area contributed by atoms with Gasteiger partial charge in [0.05, 0.1) is 18.5 Å². The number of nitrogens with zero attached hydrogens (tertiary/aromatic N) is 1. The lowest BCUT2D eigenvalue weighted by molar-refractivity contribution is -0.139. The van der Waals surface area contributed by atoms with Crippen LogP contribution in [0.5, 0.6) is 5.75 Å². The van der Waals surface area contributed by atoms with E-state index >= 15 is 0 Å². The Morgan fingerprint density at radius 2 is 1.74 bits per heavy atom. The molecule has 0 fully saturated rings. The van der Waals surface area contributed by atoms with Crippen molar-refractivity contribution < 1.29 is 34.5 Å². The minimum atomic E-state index is -1.47. The highest BCUT2D eigenvalue weighted by atomic mass is 16.4. The molecule has 1 heterocycles. The van der Waals surface area contributed by atoms with E-state index in [2.05, 4.69) is 25.9 Å². The number of amides is 3. The van der Waals surface area contributed by atoms with Gasteiger partial charge in [0, 0.05) is 24.7 Å². The fourth-order valence-corrected chi connectivity index (χ4v) is 3.01. The molecule has 13 nitrogen and oxygen atoms in total. The van der Waals surface area contributed by atoms with Crippen LogP contribution in [0, 0.1) is 0 Å². The number of benzene rings is 1. The van der Waals surface area contributed by atoms with E-state index in [1.807, 2.05) is 0 Å². The van der Waals surface area contributed by atoms with Crippen LogP contribution in [0.1, 0.15) is 18.2 Å². The van der Waals surface area contributed by atoms with Crippen molar-refractivity contribution in [3.63, 3.8) is 0 Å². The molecule has 9 N–H and O–H groups in total. The minimum Gasteiger partial charge on any atom is -0.508 e. The van der Waals surface area contributed by atoms with Gasteiger partial charge in [-0.1, -0.05) is 12.1 Å². The second-order valence-corrected chi connectivity index (χ2v) is 7.66. The number of phenols is 1. The molecule has 34 heavy (non-hydrogen) atoms. The Hall–Kier alpha value is -3.97. The lowest BCUT2D eigenvalue weighted by Crippen LogP contribution is -2.59. The van der Waals surface area contributed by atoms with Gasteiger partial charge < -0.3 is 42.0 Å². The molecule has 2 rings (SSSR count). The summed E-state index contributed by atoms with van der Waals surface area (Å²) in [6, 6.07) is 2.25. The molecule has 0 saturated heterocycles. The fraction of sp³-hybridized carbons (Fsp3) is 0.381. The number of aromatic amines is 1. The summed E-state index contributed by atoms with van der Waals surface area (Å²) in [7, 11) is 0. The fourth-order valence-electron chi connectivity index (χ4n) is 3.01. The number of carbonyl (C=O) groups excluding carboxylic acids is 3. The Labute approximate surface area is 194 Å². The third-order valence-corrected chi connectivity index (χ3v) is 4.82. The number of aromatic hydroxyl groups is 1. The van der Waals surface area contributed by atoms with Crippen molar-refractivity contribution in [2.75, 3.05) is 6.54 Å².